The number of aliphatic hydroxyl groups is 1. The van der Waals surface area contributed by atoms with E-state index in [2.05, 4.69) is 15.7 Å². The lowest BCUT2D eigenvalue weighted by atomic mass is 9.99. The topological polar surface area (TPSA) is 150 Å². The summed E-state index contributed by atoms with van der Waals surface area (Å²) in [6, 6.07) is 12.5. The van der Waals surface area contributed by atoms with E-state index in [4.69, 9.17) is 37.7 Å². The Hall–Kier alpha value is -4.07. The Balaban J connectivity index is 1.31. The molecule has 1 aliphatic heterocycles. The summed E-state index contributed by atoms with van der Waals surface area (Å²) in [5.74, 6) is -0.324. The zero-order valence-corrected chi connectivity index (χ0v) is 26.9. The number of benzene rings is 2. The highest BCUT2D eigenvalue weighted by Gasteiger charge is 2.33. The molecule has 3 heterocycles. The highest BCUT2D eigenvalue weighted by Crippen LogP contribution is 2.44. The molecule has 6 rings (SSSR count). The van der Waals surface area contributed by atoms with Crippen LogP contribution in [-0.2, 0) is 25.3 Å². The van der Waals surface area contributed by atoms with Crippen LogP contribution >= 0.6 is 23.2 Å². The number of fused-ring (bicyclic) bond motifs is 1. The molecule has 0 spiro atoms. The smallest absolute Gasteiger partial charge is 0.346 e. The third-order valence-corrected chi connectivity index (χ3v) is 9.26. The molecule has 2 aromatic carbocycles. The first-order valence-corrected chi connectivity index (χ1v) is 15.5. The Morgan fingerprint density at radius 3 is 2.52 bits per heavy atom. The van der Waals surface area contributed by atoms with Gasteiger partial charge >= 0.3 is 5.69 Å². The molecule has 0 radical (unpaired) electrons. The third kappa shape index (κ3) is 5.82. The summed E-state index contributed by atoms with van der Waals surface area (Å²) in [7, 11) is 4.20. The van der Waals surface area contributed by atoms with Gasteiger partial charge in [-0.3, -0.25) is 14.2 Å². The number of pyridine rings is 1. The zero-order chi connectivity index (χ0) is 32.7. The molecule has 2 aliphatic rings. The van der Waals surface area contributed by atoms with E-state index in [1.54, 1.807) is 25.3 Å². The number of nitrogens with zero attached hydrogens (tertiary/aromatic N) is 4. The van der Waals surface area contributed by atoms with Crippen molar-refractivity contribution in [2.45, 2.75) is 37.5 Å². The van der Waals surface area contributed by atoms with Crippen LogP contribution in [0, 0.1) is 0 Å². The molecule has 14 heteroatoms. The van der Waals surface area contributed by atoms with Crippen LogP contribution in [0.2, 0.25) is 10.0 Å². The SMILES string of the molecule is COc1nc(-c2cccc(-c3cccc(NC(=O)c4nn(C)c(=O)n(C)c4=O)c3Cl)c2Cl)cc2c1[C@@H](N[C@@H]1CCOC[C@H]1O)CC2. The van der Waals surface area contributed by atoms with Gasteiger partial charge in [0.25, 0.3) is 11.5 Å². The number of rotatable bonds is 7. The van der Waals surface area contributed by atoms with Crippen molar-refractivity contribution < 1.29 is 19.4 Å². The van der Waals surface area contributed by atoms with Gasteiger partial charge in [-0.2, -0.15) is 5.10 Å². The molecule has 3 atom stereocenters. The van der Waals surface area contributed by atoms with Crippen molar-refractivity contribution in [3.05, 3.63) is 90.2 Å². The minimum absolute atomic E-state index is 0.0148. The number of aromatic nitrogens is 4. The number of halogens is 2. The van der Waals surface area contributed by atoms with E-state index in [0.29, 0.717) is 46.5 Å². The zero-order valence-electron chi connectivity index (χ0n) is 25.3. The second-order valence-corrected chi connectivity index (χ2v) is 12.0. The fraction of sp³-hybridized carbons (Fsp3) is 0.344. The lowest BCUT2D eigenvalue weighted by Gasteiger charge is -2.31. The van der Waals surface area contributed by atoms with Crippen molar-refractivity contribution in [2.24, 2.45) is 14.1 Å². The van der Waals surface area contributed by atoms with Crippen LogP contribution in [0.25, 0.3) is 22.4 Å². The van der Waals surface area contributed by atoms with E-state index in [1.807, 2.05) is 24.3 Å². The number of carbonyl (C=O) groups is 1. The fourth-order valence-electron chi connectivity index (χ4n) is 6.04. The number of amides is 1. The predicted molar refractivity (Wildman–Crippen MR) is 174 cm³/mol. The van der Waals surface area contributed by atoms with Crippen LogP contribution in [0.1, 0.15) is 40.5 Å². The van der Waals surface area contributed by atoms with Crippen LogP contribution in [-0.4, -0.2) is 62.8 Å². The Morgan fingerprint density at radius 1 is 1.07 bits per heavy atom. The largest absolute Gasteiger partial charge is 0.481 e. The Morgan fingerprint density at radius 2 is 1.78 bits per heavy atom. The molecule has 3 N–H and O–H groups in total. The number of aliphatic hydroxyl groups excluding tert-OH is 1. The van der Waals surface area contributed by atoms with E-state index in [1.165, 1.54) is 14.1 Å². The summed E-state index contributed by atoms with van der Waals surface area (Å²) in [6.45, 7) is 0.912. The lowest BCUT2D eigenvalue weighted by Crippen LogP contribution is -2.47. The number of ether oxygens (including phenoxy) is 2. The predicted octanol–water partition coefficient (Wildman–Crippen LogP) is 3.50. The van der Waals surface area contributed by atoms with Crippen molar-refractivity contribution in [1.29, 1.82) is 0 Å². The van der Waals surface area contributed by atoms with Gasteiger partial charge < -0.3 is 25.2 Å². The van der Waals surface area contributed by atoms with Gasteiger partial charge in [0.05, 0.1) is 41.2 Å². The molecule has 1 amide bonds. The van der Waals surface area contributed by atoms with Crippen molar-refractivity contribution in [1.82, 2.24) is 24.6 Å². The summed E-state index contributed by atoms with van der Waals surface area (Å²) in [5, 5.41) is 21.1. The van der Waals surface area contributed by atoms with E-state index in [0.717, 1.165) is 39.6 Å². The third-order valence-electron chi connectivity index (χ3n) is 8.44. The van der Waals surface area contributed by atoms with Crippen LogP contribution in [0.4, 0.5) is 5.69 Å². The molecule has 1 saturated heterocycles. The molecule has 2 aromatic heterocycles. The Labute approximate surface area is 273 Å². The first-order chi connectivity index (χ1) is 22.1. The van der Waals surface area contributed by atoms with E-state index >= 15 is 0 Å². The molecular formula is C32H32Cl2N6O6. The molecule has 0 saturated carbocycles. The maximum absolute atomic E-state index is 13.0. The maximum atomic E-state index is 13.0. The quantitative estimate of drug-likeness (QED) is 0.269. The van der Waals surface area contributed by atoms with Gasteiger partial charge in [-0.05, 0) is 37.0 Å². The van der Waals surface area contributed by atoms with Crippen LogP contribution in [0.3, 0.4) is 0 Å². The number of aryl methyl sites for hydroxylation is 2. The fourth-order valence-corrected chi connectivity index (χ4v) is 6.64. The van der Waals surface area contributed by atoms with Gasteiger partial charge in [0.15, 0.2) is 0 Å². The average Bonchev–Trinajstić information content (AvgIpc) is 3.46. The van der Waals surface area contributed by atoms with Gasteiger partial charge in [0.1, 0.15) is 0 Å². The molecule has 0 unspecified atom stereocenters. The molecule has 1 fully saturated rings. The number of hydrogen-bond donors (Lipinski definition) is 3. The van der Waals surface area contributed by atoms with Gasteiger partial charge in [0.2, 0.25) is 11.6 Å². The van der Waals surface area contributed by atoms with Crippen molar-refractivity contribution in [2.75, 3.05) is 25.6 Å². The molecule has 0 bridgehead atoms. The molecule has 12 nitrogen and oxygen atoms in total. The highest BCUT2D eigenvalue weighted by molar-refractivity contribution is 6.39. The van der Waals surface area contributed by atoms with Gasteiger partial charge in [0, 0.05) is 55.0 Å². The standard InChI is InChI=1S/C32H32Cl2N6O6/c1-39-31(43)28(38-40(2)32(39)44)29(42)36-22-9-5-7-18(27(22)34)17-6-4-8-19(26(17)33)23-14-16-10-11-21(25(16)30(37-23)45-3)35-20-12-13-46-15-24(20)41/h4-9,14,20-21,24,35,41H,10-13,15H2,1-3H3,(H,36,42)/t20-,21+,24-/m1/s1. The van der Waals surface area contributed by atoms with E-state index < -0.39 is 29.0 Å². The number of methoxy groups -OCH3 is 1. The number of carbonyl (C=O) groups excluding carboxylic acids is 1. The van der Waals surface area contributed by atoms with Gasteiger partial charge in [-0.15, -0.1) is 0 Å². The normalized spacial score (nSPS) is 19.1. The summed E-state index contributed by atoms with van der Waals surface area (Å²) >= 11 is 13.8. The summed E-state index contributed by atoms with van der Waals surface area (Å²) in [6.07, 6.45) is 1.79. The Bertz CT molecular complexity index is 1960. The van der Waals surface area contributed by atoms with E-state index in [-0.39, 0.29) is 22.8 Å². The van der Waals surface area contributed by atoms with Crippen LogP contribution in [0.5, 0.6) is 5.88 Å². The second kappa shape index (κ2) is 13.0. The number of hydrogen-bond acceptors (Lipinski definition) is 9. The molecule has 240 valence electrons. The molecular weight excluding hydrogens is 635 g/mol. The molecule has 1 aliphatic carbocycles. The number of anilines is 1. The van der Waals surface area contributed by atoms with Crippen molar-refractivity contribution in [3.8, 4) is 28.3 Å². The molecule has 4 aromatic rings. The van der Waals surface area contributed by atoms with Gasteiger partial charge in [-0.25, -0.2) is 14.5 Å². The van der Waals surface area contributed by atoms with Crippen molar-refractivity contribution >= 4 is 34.8 Å². The summed E-state index contributed by atoms with van der Waals surface area (Å²) in [5.41, 5.74) is 2.80. The average molecular weight is 668 g/mol. The monoisotopic (exact) mass is 666 g/mol. The lowest BCUT2D eigenvalue weighted by molar-refractivity contribution is -0.0304. The second-order valence-electron chi connectivity index (χ2n) is 11.3. The minimum atomic E-state index is -0.829. The first kappa shape index (κ1) is 31.9. The van der Waals surface area contributed by atoms with Gasteiger partial charge in [-0.1, -0.05) is 53.5 Å². The maximum Gasteiger partial charge on any atom is 0.346 e. The summed E-state index contributed by atoms with van der Waals surface area (Å²) < 4.78 is 12.9. The van der Waals surface area contributed by atoms with E-state index in [9.17, 15) is 19.5 Å². The summed E-state index contributed by atoms with van der Waals surface area (Å²) in [4.78, 5) is 42.4. The minimum Gasteiger partial charge on any atom is -0.481 e. The van der Waals surface area contributed by atoms with Crippen LogP contribution < -0.4 is 26.6 Å². The highest BCUT2D eigenvalue weighted by atomic mass is 35.5. The van der Waals surface area contributed by atoms with Crippen LogP contribution in [0.15, 0.2) is 52.1 Å². The number of nitrogens with one attached hydrogen (secondary N) is 2. The van der Waals surface area contributed by atoms with Crippen molar-refractivity contribution in [3.63, 3.8) is 0 Å². The Kier molecular flexibility index (Phi) is 8.99. The first-order valence-electron chi connectivity index (χ1n) is 14.7. The molecule has 46 heavy (non-hydrogen) atoms.